The number of hydrogen-bond acceptors (Lipinski definition) is 4. The van der Waals surface area contributed by atoms with Gasteiger partial charge in [0.05, 0.1) is 11.7 Å². The molecule has 2 amide bonds. The molecule has 0 aliphatic rings. The second kappa shape index (κ2) is 8.63. The minimum atomic E-state index is -0.630. The van der Waals surface area contributed by atoms with Crippen LogP contribution in [0.3, 0.4) is 0 Å². The molecule has 2 N–H and O–H groups in total. The molecule has 106 valence electrons. The lowest BCUT2D eigenvalue weighted by molar-refractivity contribution is -0.136. The molecule has 1 rings (SSSR count). The van der Waals surface area contributed by atoms with Crippen molar-refractivity contribution in [3.8, 4) is 0 Å². The molecule has 0 saturated heterocycles. The van der Waals surface area contributed by atoms with Crippen molar-refractivity contribution in [3.63, 3.8) is 0 Å². The number of hydrogen-bond donors (Lipinski definition) is 2. The summed E-state index contributed by atoms with van der Waals surface area (Å²) in [5, 5.41) is 5.78. The standard InChI is InChI=1S/C13H21N3O2S/c1-3-5-6-10(4-2)7-15-12(17)13(18)16-11-8-14-9-19-11/h8-10H,3-7H2,1-2H3,(H,15,17)(H,16,18)/t10-/m0/s1. The van der Waals surface area contributed by atoms with Crippen LogP contribution in [0.25, 0.3) is 0 Å². The summed E-state index contributed by atoms with van der Waals surface area (Å²) in [6.45, 7) is 4.81. The smallest absolute Gasteiger partial charge is 0.314 e. The van der Waals surface area contributed by atoms with E-state index in [1.165, 1.54) is 17.5 Å². The zero-order chi connectivity index (χ0) is 14.1. The van der Waals surface area contributed by atoms with Gasteiger partial charge in [0.25, 0.3) is 0 Å². The number of carbonyl (C=O) groups is 2. The van der Waals surface area contributed by atoms with E-state index in [4.69, 9.17) is 0 Å². The molecular formula is C13H21N3O2S. The number of carbonyl (C=O) groups excluding carboxylic acids is 2. The molecule has 1 aromatic heterocycles. The third kappa shape index (κ3) is 5.83. The molecule has 1 atom stereocenters. The van der Waals surface area contributed by atoms with Crippen LogP contribution in [0.5, 0.6) is 0 Å². The average Bonchev–Trinajstić information content (AvgIpc) is 2.91. The molecule has 0 saturated carbocycles. The van der Waals surface area contributed by atoms with Gasteiger partial charge in [-0.25, -0.2) is 0 Å². The molecule has 6 heteroatoms. The number of anilines is 1. The minimum absolute atomic E-state index is 0.445. The van der Waals surface area contributed by atoms with E-state index in [0.29, 0.717) is 17.5 Å². The number of nitrogens with one attached hydrogen (secondary N) is 2. The van der Waals surface area contributed by atoms with Crippen LogP contribution in [0.4, 0.5) is 5.00 Å². The maximum absolute atomic E-state index is 11.6. The quantitative estimate of drug-likeness (QED) is 0.755. The summed E-state index contributed by atoms with van der Waals surface area (Å²) in [6.07, 6.45) is 5.92. The van der Waals surface area contributed by atoms with Crippen molar-refractivity contribution in [1.82, 2.24) is 10.3 Å². The fourth-order valence-corrected chi connectivity index (χ4v) is 2.22. The first-order valence-electron chi connectivity index (χ1n) is 6.65. The molecule has 0 aliphatic heterocycles. The lowest BCUT2D eigenvalue weighted by Crippen LogP contribution is -2.37. The van der Waals surface area contributed by atoms with E-state index in [0.717, 1.165) is 25.7 Å². The lowest BCUT2D eigenvalue weighted by atomic mass is 9.99. The van der Waals surface area contributed by atoms with E-state index < -0.39 is 11.8 Å². The van der Waals surface area contributed by atoms with Gasteiger partial charge >= 0.3 is 11.8 Å². The molecule has 19 heavy (non-hydrogen) atoms. The van der Waals surface area contributed by atoms with Crippen LogP contribution in [0.1, 0.15) is 39.5 Å². The molecule has 0 bridgehead atoms. The summed E-state index contributed by atoms with van der Waals surface area (Å²) < 4.78 is 0. The van der Waals surface area contributed by atoms with Crippen LogP contribution in [0, 0.1) is 5.92 Å². The maximum Gasteiger partial charge on any atom is 0.314 e. The molecule has 0 fully saturated rings. The average molecular weight is 283 g/mol. The van der Waals surface area contributed by atoms with Crippen molar-refractivity contribution in [1.29, 1.82) is 0 Å². The zero-order valence-electron chi connectivity index (χ0n) is 11.4. The monoisotopic (exact) mass is 283 g/mol. The highest BCUT2D eigenvalue weighted by Gasteiger charge is 2.15. The van der Waals surface area contributed by atoms with Crippen molar-refractivity contribution in [2.45, 2.75) is 39.5 Å². The highest BCUT2D eigenvalue weighted by molar-refractivity contribution is 7.14. The number of nitrogens with zero attached hydrogens (tertiary/aromatic N) is 1. The normalized spacial score (nSPS) is 11.9. The molecular weight excluding hydrogens is 262 g/mol. The van der Waals surface area contributed by atoms with E-state index in [2.05, 4.69) is 29.5 Å². The molecule has 1 heterocycles. The highest BCUT2D eigenvalue weighted by atomic mass is 32.1. The Kier molecular flexibility index (Phi) is 7.10. The van der Waals surface area contributed by atoms with Crippen molar-refractivity contribution < 1.29 is 9.59 Å². The van der Waals surface area contributed by atoms with Crippen molar-refractivity contribution in [3.05, 3.63) is 11.7 Å². The fourth-order valence-electron chi connectivity index (χ4n) is 1.71. The molecule has 5 nitrogen and oxygen atoms in total. The van der Waals surface area contributed by atoms with Gasteiger partial charge in [-0.2, -0.15) is 0 Å². The molecule has 1 aromatic rings. The predicted molar refractivity (Wildman–Crippen MR) is 77.1 cm³/mol. The number of amides is 2. The molecule has 0 aromatic carbocycles. The Morgan fingerprint density at radius 2 is 2.16 bits per heavy atom. The first kappa shape index (κ1) is 15.6. The number of aromatic nitrogens is 1. The lowest BCUT2D eigenvalue weighted by Gasteiger charge is -2.14. The van der Waals surface area contributed by atoms with Crippen LogP contribution in [0.15, 0.2) is 11.7 Å². The van der Waals surface area contributed by atoms with Gasteiger partial charge in [0.2, 0.25) is 0 Å². The van der Waals surface area contributed by atoms with E-state index in [-0.39, 0.29) is 0 Å². The topological polar surface area (TPSA) is 71.1 Å². The van der Waals surface area contributed by atoms with Gasteiger partial charge in [0, 0.05) is 6.54 Å². The zero-order valence-corrected chi connectivity index (χ0v) is 12.3. The van der Waals surface area contributed by atoms with Gasteiger partial charge < -0.3 is 10.6 Å². The first-order valence-corrected chi connectivity index (χ1v) is 7.53. The fraction of sp³-hybridized carbons (Fsp3) is 0.615. The summed E-state index contributed by atoms with van der Waals surface area (Å²) >= 11 is 1.29. The molecule has 0 radical (unpaired) electrons. The Morgan fingerprint density at radius 1 is 1.37 bits per heavy atom. The molecule has 0 spiro atoms. The van der Waals surface area contributed by atoms with Gasteiger partial charge in [-0.3, -0.25) is 14.6 Å². The molecule has 0 unspecified atom stereocenters. The van der Waals surface area contributed by atoms with Gasteiger partial charge in [-0.15, -0.1) is 11.3 Å². The van der Waals surface area contributed by atoms with Gasteiger partial charge in [-0.05, 0) is 12.3 Å². The Bertz CT molecular complexity index is 393. The summed E-state index contributed by atoms with van der Waals surface area (Å²) in [4.78, 5) is 27.0. The molecule has 0 aliphatic carbocycles. The summed E-state index contributed by atoms with van der Waals surface area (Å²) in [7, 11) is 0. The predicted octanol–water partition coefficient (Wildman–Crippen LogP) is 2.41. The van der Waals surface area contributed by atoms with E-state index >= 15 is 0 Å². The van der Waals surface area contributed by atoms with Crippen LogP contribution in [0.2, 0.25) is 0 Å². The minimum Gasteiger partial charge on any atom is -0.348 e. The second-order valence-corrected chi connectivity index (χ2v) is 5.33. The Morgan fingerprint density at radius 3 is 2.74 bits per heavy atom. The summed E-state index contributed by atoms with van der Waals surface area (Å²) in [6, 6.07) is 0. The van der Waals surface area contributed by atoms with Crippen molar-refractivity contribution in [2.24, 2.45) is 5.92 Å². The third-order valence-electron chi connectivity index (χ3n) is 2.97. The summed E-state index contributed by atoms with van der Waals surface area (Å²) in [5.74, 6) is -0.766. The Hall–Kier alpha value is -1.43. The van der Waals surface area contributed by atoms with Gasteiger partial charge in [0.1, 0.15) is 5.00 Å². The summed E-state index contributed by atoms with van der Waals surface area (Å²) in [5.41, 5.74) is 1.60. The van der Waals surface area contributed by atoms with E-state index in [1.54, 1.807) is 5.51 Å². The maximum atomic E-state index is 11.6. The third-order valence-corrected chi connectivity index (χ3v) is 3.66. The van der Waals surface area contributed by atoms with Gasteiger partial charge in [-0.1, -0.05) is 33.1 Å². The highest BCUT2D eigenvalue weighted by Crippen LogP contribution is 2.12. The Balaban J connectivity index is 2.31. The van der Waals surface area contributed by atoms with E-state index in [9.17, 15) is 9.59 Å². The van der Waals surface area contributed by atoms with Crippen LogP contribution >= 0.6 is 11.3 Å². The number of thiazole rings is 1. The van der Waals surface area contributed by atoms with Gasteiger partial charge in [0.15, 0.2) is 0 Å². The Labute approximate surface area is 117 Å². The number of rotatable bonds is 7. The second-order valence-electron chi connectivity index (χ2n) is 4.45. The van der Waals surface area contributed by atoms with Crippen LogP contribution < -0.4 is 10.6 Å². The van der Waals surface area contributed by atoms with Crippen LogP contribution in [-0.2, 0) is 9.59 Å². The SMILES string of the molecule is CCCC[C@H](CC)CNC(=O)C(=O)Nc1cncs1. The first-order chi connectivity index (χ1) is 9.17. The van der Waals surface area contributed by atoms with Crippen molar-refractivity contribution in [2.75, 3.05) is 11.9 Å². The van der Waals surface area contributed by atoms with Crippen LogP contribution in [-0.4, -0.2) is 23.3 Å². The largest absolute Gasteiger partial charge is 0.348 e. The van der Waals surface area contributed by atoms with E-state index in [1.807, 2.05) is 0 Å². The number of unbranched alkanes of at least 4 members (excludes halogenated alkanes) is 1. The van der Waals surface area contributed by atoms with Crippen molar-refractivity contribution >= 4 is 28.2 Å².